The van der Waals surface area contributed by atoms with Gasteiger partial charge in [0.2, 0.25) is 5.16 Å². The van der Waals surface area contributed by atoms with Crippen LogP contribution in [0, 0.1) is 6.92 Å². The van der Waals surface area contributed by atoms with Crippen molar-refractivity contribution in [3.63, 3.8) is 0 Å². The van der Waals surface area contributed by atoms with Gasteiger partial charge in [0.15, 0.2) is 5.69 Å². The first-order chi connectivity index (χ1) is 17.5. The van der Waals surface area contributed by atoms with Crippen LogP contribution in [0.5, 0.6) is 0 Å². The van der Waals surface area contributed by atoms with Crippen LogP contribution < -0.4 is 10.9 Å². The predicted molar refractivity (Wildman–Crippen MR) is 139 cm³/mol. The molecular weight excluding hydrogens is 474 g/mol. The van der Waals surface area contributed by atoms with E-state index in [1.807, 2.05) is 92.8 Å². The van der Waals surface area contributed by atoms with Crippen molar-refractivity contribution >= 4 is 23.4 Å². The second-order valence-electron chi connectivity index (χ2n) is 8.09. The van der Waals surface area contributed by atoms with E-state index in [0.29, 0.717) is 22.2 Å². The van der Waals surface area contributed by atoms with Crippen LogP contribution in [0.25, 0.3) is 11.4 Å². The molecule has 5 rings (SSSR count). The van der Waals surface area contributed by atoms with Crippen molar-refractivity contribution < 1.29 is 4.79 Å². The third-order valence-electron chi connectivity index (χ3n) is 5.77. The Labute approximate surface area is 211 Å². The van der Waals surface area contributed by atoms with Crippen molar-refractivity contribution in [3.05, 3.63) is 112 Å². The number of benzene rings is 3. The second kappa shape index (κ2) is 10.0. The summed E-state index contributed by atoms with van der Waals surface area (Å²) < 4.78 is 4.86. The molecule has 0 radical (unpaired) electrons. The van der Waals surface area contributed by atoms with Crippen molar-refractivity contribution in [1.29, 1.82) is 0 Å². The third kappa shape index (κ3) is 4.58. The SMILES string of the molecule is Cc1c(-n2nnnc2SCc2cccc(C(=O)Nc3ccccc3)c2)c(=O)n(-c2ccccc2)n1C. The van der Waals surface area contributed by atoms with Crippen LogP contribution in [0.3, 0.4) is 0 Å². The molecule has 9 nitrogen and oxygen atoms in total. The van der Waals surface area contributed by atoms with E-state index in [9.17, 15) is 9.59 Å². The average molecular weight is 498 g/mol. The summed E-state index contributed by atoms with van der Waals surface area (Å²) in [6.07, 6.45) is 0. The number of aromatic nitrogens is 6. The van der Waals surface area contributed by atoms with Crippen LogP contribution in [0.2, 0.25) is 0 Å². The summed E-state index contributed by atoms with van der Waals surface area (Å²) in [6.45, 7) is 1.86. The fourth-order valence-electron chi connectivity index (χ4n) is 3.88. The van der Waals surface area contributed by atoms with Gasteiger partial charge in [-0.3, -0.25) is 14.3 Å². The van der Waals surface area contributed by atoms with Gasteiger partial charge < -0.3 is 5.32 Å². The number of thioether (sulfide) groups is 1. The van der Waals surface area contributed by atoms with Gasteiger partial charge in [0, 0.05) is 24.1 Å². The lowest BCUT2D eigenvalue weighted by molar-refractivity contribution is 0.102. The number of tetrazole rings is 1. The molecule has 0 unspecified atom stereocenters. The highest BCUT2D eigenvalue weighted by Crippen LogP contribution is 2.24. The van der Waals surface area contributed by atoms with Gasteiger partial charge in [0.05, 0.1) is 11.4 Å². The summed E-state index contributed by atoms with van der Waals surface area (Å²) in [7, 11) is 1.83. The van der Waals surface area contributed by atoms with E-state index in [0.717, 1.165) is 22.6 Å². The van der Waals surface area contributed by atoms with E-state index < -0.39 is 0 Å². The minimum Gasteiger partial charge on any atom is -0.322 e. The van der Waals surface area contributed by atoms with E-state index in [1.165, 1.54) is 16.4 Å². The molecule has 1 amide bonds. The standard InChI is InChI=1S/C26H23N7O2S/c1-18-23(25(35)33(31(18)2)22-14-7-4-8-15-22)32-26(28-29-30-32)36-17-19-10-9-11-20(16-19)24(34)27-21-12-5-3-6-13-21/h3-16H,17H2,1-2H3,(H,27,34). The summed E-state index contributed by atoms with van der Waals surface area (Å²) in [5.41, 5.74) is 3.90. The summed E-state index contributed by atoms with van der Waals surface area (Å²) in [6, 6.07) is 26.2. The number of rotatable bonds is 7. The lowest BCUT2D eigenvalue weighted by Crippen LogP contribution is -2.22. The number of carbonyl (C=O) groups is 1. The zero-order chi connectivity index (χ0) is 25.1. The quantitative estimate of drug-likeness (QED) is 0.341. The Balaban J connectivity index is 1.37. The molecular formula is C26H23N7O2S. The molecule has 0 saturated carbocycles. The first-order valence-electron chi connectivity index (χ1n) is 11.2. The van der Waals surface area contributed by atoms with Crippen LogP contribution in [0.15, 0.2) is 94.9 Å². The molecule has 0 bridgehead atoms. The molecule has 5 aromatic rings. The molecule has 0 fully saturated rings. The molecule has 3 aromatic carbocycles. The molecule has 0 saturated heterocycles. The number of hydrogen-bond donors (Lipinski definition) is 1. The van der Waals surface area contributed by atoms with Gasteiger partial charge >= 0.3 is 0 Å². The van der Waals surface area contributed by atoms with Crippen molar-refractivity contribution in [2.75, 3.05) is 5.32 Å². The van der Waals surface area contributed by atoms with Gasteiger partial charge in [-0.15, -0.1) is 5.10 Å². The summed E-state index contributed by atoms with van der Waals surface area (Å²) in [4.78, 5) is 26.0. The molecule has 180 valence electrons. The van der Waals surface area contributed by atoms with Crippen LogP contribution in [0.1, 0.15) is 21.6 Å². The zero-order valence-corrected chi connectivity index (χ0v) is 20.5. The molecule has 0 spiro atoms. The van der Waals surface area contributed by atoms with E-state index in [2.05, 4.69) is 20.8 Å². The summed E-state index contributed by atoms with van der Waals surface area (Å²) >= 11 is 1.39. The Morgan fingerprint density at radius 1 is 0.972 bits per heavy atom. The predicted octanol–water partition coefficient (Wildman–Crippen LogP) is 4.00. The minimum absolute atomic E-state index is 0.181. The highest BCUT2D eigenvalue weighted by atomic mass is 32.2. The van der Waals surface area contributed by atoms with Gasteiger partial charge in [-0.25, -0.2) is 4.68 Å². The fraction of sp³-hybridized carbons (Fsp3) is 0.115. The van der Waals surface area contributed by atoms with E-state index in [1.54, 1.807) is 15.4 Å². The Kier molecular flexibility index (Phi) is 6.50. The number of nitrogens with zero attached hydrogens (tertiary/aromatic N) is 6. The number of anilines is 1. The molecule has 10 heteroatoms. The average Bonchev–Trinajstić information content (AvgIpc) is 3.45. The van der Waals surface area contributed by atoms with Gasteiger partial charge in [0.1, 0.15) is 0 Å². The van der Waals surface area contributed by atoms with Crippen molar-refractivity contribution in [2.45, 2.75) is 17.8 Å². The smallest absolute Gasteiger partial charge is 0.297 e. The molecule has 2 aromatic heterocycles. The topological polar surface area (TPSA) is 99.6 Å². The first kappa shape index (κ1) is 23.3. The van der Waals surface area contributed by atoms with E-state index >= 15 is 0 Å². The van der Waals surface area contributed by atoms with Gasteiger partial charge in [0.25, 0.3) is 11.5 Å². The number of amides is 1. The summed E-state index contributed by atoms with van der Waals surface area (Å²) in [5.74, 6) is 0.338. The first-order valence-corrected chi connectivity index (χ1v) is 12.2. The van der Waals surface area contributed by atoms with Crippen molar-refractivity contribution in [1.82, 2.24) is 29.6 Å². The lowest BCUT2D eigenvalue weighted by Gasteiger charge is -2.07. The maximum absolute atomic E-state index is 13.4. The lowest BCUT2D eigenvalue weighted by atomic mass is 10.1. The van der Waals surface area contributed by atoms with Crippen LogP contribution in [-0.2, 0) is 12.8 Å². The van der Waals surface area contributed by atoms with Gasteiger partial charge in [-0.1, -0.05) is 60.3 Å². The summed E-state index contributed by atoms with van der Waals surface area (Å²) in [5, 5.41) is 15.4. The zero-order valence-electron chi connectivity index (χ0n) is 19.7. The monoisotopic (exact) mass is 497 g/mol. The molecule has 1 N–H and O–H groups in total. The normalized spacial score (nSPS) is 10.9. The largest absolute Gasteiger partial charge is 0.322 e. The van der Waals surface area contributed by atoms with Crippen LogP contribution in [-0.4, -0.2) is 35.5 Å². The van der Waals surface area contributed by atoms with Gasteiger partial charge in [-0.2, -0.15) is 4.68 Å². The Morgan fingerprint density at radius 3 is 2.44 bits per heavy atom. The number of hydrogen-bond acceptors (Lipinski definition) is 6. The molecule has 36 heavy (non-hydrogen) atoms. The fourth-order valence-corrected chi connectivity index (χ4v) is 4.70. The number of para-hydroxylation sites is 2. The number of nitrogens with one attached hydrogen (secondary N) is 1. The highest BCUT2D eigenvalue weighted by Gasteiger charge is 2.22. The molecule has 2 heterocycles. The molecule has 0 atom stereocenters. The van der Waals surface area contributed by atoms with Gasteiger partial charge in [-0.05, 0) is 59.3 Å². The Hall–Kier alpha value is -4.44. The van der Waals surface area contributed by atoms with Crippen LogP contribution in [0.4, 0.5) is 5.69 Å². The van der Waals surface area contributed by atoms with E-state index in [-0.39, 0.29) is 11.5 Å². The maximum atomic E-state index is 13.4. The second-order valence-corrected chi connectivity index (χ2v) is 9.04. The minimum atomic E-state index is -0.213. The highest BCUT2D eigenvalue weighted by molar-refractivity contribution is 7.98. The van der Waals surface area contributed by atoms with Crippen LogP contribution >= 0.6 is 11.8 Å². The Bertz CT molecular complexity index is 1570. The molecule has 0 aliphatic heterocycles. The molecule has 0 aliphatic rings. The Morgan fingerprint density at radius 2 is 1.69 bits per heavy atom. The number of carbonyl (C=O) groups excluding carboxylic acids is 1. The van der Waals surface area contributed by atoms with E-state index in [4.69, 9.17) is 0 Å². The maximum Gasteiger partial charge on any atom is 0.297 e. The van der Waals surface area contributed by atoms with Crippen molar-refractivity contribution in [2.24, 2.45) is 7.05 Å². The van der Waals surface area contributed by atoms with Crippen molar-refractivity contribution in [3.8, 4) is 11.4 Å². The molecule has 0 aliphatic carbocycles. The third-order valence-corrected chi connectivity index (χ3v) is 6.76.